The molecule has 4 N–H and O–H groups in total. The van der Waals surface area contributed by atoms with Crippen LogP contribution in [-0.2, 0) is 4.74 Å². The molecule has 2 aromatic heterocycles. The molecule has 2 rings (SSSR count). The van der Waals surface area contributed by atoms with Crippen LogP contribution in [0.1, 0.15) is 10.4 Å². The van der Waals surface area contributed by atoms with Gasteiger partial charge < -0.3 is 10.5 Å². The van der Waals surface area contributed by atoms with Crippen LogP contribution in [0.15, 0.2) is 24.4 Å². The van der Waals surface area contributed by atoms with Crippen LogP contribution in [0.3, 0.4) is 0 Å². The number of nitrogens with two attached hydrogens (primary N) is 1. The molecular weight excluding hydrogens is 248 g/mol. The maximum atomic E-state index is 7.64. The molecule has 2 aromatic rings. The molecule has 0 aliphatic carbocycles. The molecule has 0 aliphatic heterocycles. The molecule has 0 atom stereocenters. The highest BCUT2D eigenvalue weighted by Gasteiger charge is 2.12. The lowest BCUT2D eigenvalue weighted by atomic mass is 10.1. The van der Waals surface area contributed by atoms with Crippen molar-refractivity contribution >= 4 is 29.5 Å². The van der Waals surface area contributed by atoms with Crippen molar-refractivity contribution in [2.45, 2.75) is 6.92 Å². The Bertz CT molecular complexity index is 589. The predicted molar refractivity (Wildman–Crippen MR) is 73.4 cm³/mol. The van der Waals surface area contributed by atoms with Gasteiger partial charge in [-0.15, -0.1) is 11.3 Å². The van der Waals surface area contributed by atoms with Gasteiger partial charge in [0.2, 0.25) is 5.90 Å². The molecule has 0 unspecified atom stereocenters. The second kappa shape index (κ2) is 4.97. The van der Waals surface area contributed by atoms with E-state index in [-0.39, 0.29) is 5.90 Å². The lowest BCUT2D eigenvalue weighted by molar-refractivity contribution is 0.562. The van der Waals surface area contributed by atoms with Gasteiger partial charge in [-0.1, -0.05) is 0 Å². The highest BCUT2D eigenvalue weighted by atomic mass is 32.1. The van der Waals surface area contributed by atoms with Gasteiger partial charge in [-0.2, -0.15) is 0 Å². The van der Waals surface area contributed by atoms with Crippen molar-refractivity contribution in [2.75, 3.05) is 5.73 Å². The Morgan fingerprint density at radius 1 is 1.50 bits per heavy atom. The molecule has 92 valence electrons. The second-order valence-electron chi connectivity index (χ2n) is 3.66. The summed E-state index contributed by atoms with van der Waals surface area (Å²) in [6.07, 6.45) is 2.46. The zero-order valence-electron chi connectivity index (χ0n) is 9.73. The van der Waals surface area contributed by atoms with Crippen molar-refractivity contribution < 1.29 is 4.74 Å². The van der Waals surface area contributed by atoms with Crippen LogP contribution < -0.4 is 5.73 Å². The molecule has 0 saturated heterocycles. The van der Waals surface area contributed by atoms with Crippen LogP contribution in [-0.4, -0.2) is 17.3 Å². The van der Waals surface area contributed by atoms with E-state index < -0.39 is 0 Å². The molecule has 0 spiro atoms. The lowest BCUT2D eigenvalue weighted by Crippen LogP contribution is -1.99. The molecule has 0 aliphatic rings. The molecule has 5 nitrogen and oxygen atoms in total. The summed E-state index contributed by atoms with van der Waals surface area (Å²) >= 11 is 1.43. The quantitative estimate of drug-likeness (QED) is 0.584. The minimum absolute atomic E-state index is 0.0206. The van der Waals surface area contributed by atoms with E-state index in [9.17, 15) is 0 Å². The average Bonchev–Trinajstić information content (AvgIpc) is 2.73. The molecule has 0 aromatic carbocycles. The van der Waals surface area contributed by atoms with E-state index in [1.54, 1.807) is 12.3 Å². The van der Waals surface area contributed by atoms with E-state index in [0.29, 0.717) is 10.7 Å². The van der Waals surface area contributed by atoms with Gasteiger partial charge >= 0.3 is 0 Å². The van der Waals surface area contributed by atoms with Gasteiger partial charge in [0.1, 0.15) is 5.82 Å². The SMILES string of the molecule is Cc1cc(C(=N)OC=N)sc1-c1ccc(N)nc1. The van der Waals surface area contributed by atoms with Gasteiger partial charge in [0.05, 0.1) is 4.88 Å². The van der Waals surface area contributed by atoms with Gasteiger partial charge in [0, 0.05) is 16.6 Å². The number of ether oxygens (including phenoxy) is 1. The molecular formula is C12H12N4OS. The number of nitrogens with one attached hydrogen (secondary N) is 2. The summed E-state index contributed by atoms with van der Waals surface area (Å²) in [4.78, 5) is 5.76. The second-order valence-corrected chi connectivity index (χ2v) is 4.71. The highest BCUT2D eigenvalue weighted by molar-refractivity contribution is 7.17. The topological polar surface area (TPSA) is 95.8 Å². The van der Waals surface area contributed by atoms with E-state index in [2.05, 4.69) is 4.98 Å². The monoisotopic (exact) mass is 260 g/mol. The van der Waals surface area contributed by atoms with Crippen molar-refractivity contribution in [3.05, 3.63) is 34.8 Å². The van der Waals surface area contributed by atoms with E-state index >= 15 is 0 Å². The van der Waals surface area contributed by atoms with E-state index in [0.717, 1.165) is 22.4 Å². The van der Waals surface area contributed by atoms with Crippen LogP contribution >= 0.6 is 11.3 Å². The van der Waals surface area contributed by atoms with Crippen LogP contribution in [0, 0.1) is 17.7 Å². The van der Waals surface area contributed by atoms with Crippen LogP contribution in [0.4, 0.5) is 5.82 Å². The van der Waals surface area contributed by atoms with Gasteiger partial charge in [-0.25, -0.2) is 4.98 Å². The summed E-state index contributed by atoms with van der Waals surface area (Å²) < 4.78 is 4.75. The summed E-state index contributed by atoms with van der Waals surface area (Å²) in [5.74, 6) is 0.459. The Hall–Kier alpha value is -2.21. The number of hydrogen-bond donors (Lipinski definition) is 3. The first-order valence-electron chi connectivity index (χ1n) is 5.18. The van der Waals surface area contributed by atoms with Crippen molar-refractivity contribution in [1.82, 2.24) is 4.98 Å². The van der Waals surface area contributed by atoms with Crippen LogP contribution in [0.2, 0.25) is 0 Å². The number of hydrogen-bond acceptors (Lipinski definition) is 6. The summed E-state index contributed by atoms with van der Waals surface area (Å²) in [5.41, 5.74) is 7.55. The van der Waals surface area contributed by atoms with Gasteiger partial charge in [0.15, 0.2) is 6.40 Å². The first kappa shape index (κ1) is 12.3. The van der Waals surface area contributed by atoms with Gasteiger partial charge in [-0.3, -0.25) is 10.8 Å². The van der Waals surface area contributed by atoms with Crippen molar-refractivity contribution in [3.63, 3.8) is 0 Å². The largest absolute Gasteiger partial charge is 0.427 e. The number of aryl methyl sites for hydroxylation is 1. The van der Waals surface area contributed by atoms with E-state index in [4.69, 9.17) is 21.3 Å². The fourth-order valence-electron chi connectivity index (χ4n) is 1.54. The number of nitrogens with zero attached hydrogens (tertiary/aromatic N) is 1. The summed E-state index contributed by atoms with van der Waals surface area (Å²) in [7, 11) is 0. The Kier molecular flexibility index (Phi) is 3.38. The first-order chi connectivity index (χ1) is 8.61. The molecule has 0 amide bonds. The number of nitrogen functional groups attached to an aromatic ring is 1. The minimum Gasteiger partial charge on any atom is -0.427 e. The Morgan fingerprint density at radius 2 is 2.28 bits per heavy atom. The third-order valence-electron chi connectivity index (χ3n) is 2.37. The third kappa shape index (κ3) is 2.38. The fourth-order valence-corrected chi connectivity index (χ4v) is 2.59. The lowest BCUT2D eigenvalue weighted by Gasteiger charge is -1.99. The number of anilines is 1. The zero-order chi connectivity index (χ0) is 13.1. The fraction of sp³-hybridized carbons (Fsp3) is 0.0833. The Morgan fingerprint density at radius 3 is 2.89 bits per heavy atom. The third-order valence-corrected chi connectivity index (χ3v) is 3.65. The molecule has 0 fully saturated rings. The van der Waals surface area contributed by atoms with Crippen molar-refractivity contribution in [1.29, 1.82) is 10.8 Å². The highest BCUT2D eigenvalue weighted by Crippen LogP contribution is 2.32. The molecule has 0 saturated carbocycles. The average molecular weight is 260 g/mol. The minimum atomic E-state index is -0.0206. The summed E-state index contributed by atoms with van der Waals surface area (Å²) in [6.45, 7) is 1.96. The maximum Gasteiger partial charge on any atom is 0.230 e. The Balaban J connectivity index is 2.37. The van der Waals surface area contributed by atoms with Crippen molar-refractivity contribution in [2.24, 2.45) is 0 Å². The molecule has 0 bridgehead atoms. The standard InChI is InChI=1S/C12H12N4OS/c1-7-4-9(12(15)17-6-13)18-11(7)8-2-3-10(14)16-5-8/h2-6,13,15H,1H3,(H2,14,16). The molecule has 0 radical (unpaired) electrons. The van der Waals surface area contributed by atoms with E-state index in [1.807, 2.05) is 19.1 Å². The molecule has 2 heterocycles. The van der Waals surface area contributed by atoms with Crippen LogP contribution in [0.5, 0.6) is 0 Å². The predicted octanol–water partition coefficient (Wildman–Crippen LogP) is 2.65. The Labute approximate surface area is 108 Å². The zero-order valence-corrected chi connectivity index (χ0v) is 10.5. The number of rotatable bonds is 3. The van der Waals surface area contributed by atoms with Gasteiger partial charge in [0.25, 0.3) is 0 Å². The smallest absolute Gasteiger partial charge is 0.230 e. The first-order valence-corrected chi connectivity index (χ1v) is 6.00. The summed E-state index contributed by atoms with van der Waals surface area (Å²) in [6, 6.07) is 5.50. The number of aromatic nitrogens is 1. The summed E-state index contributed by atoms with van der Waals surface area (Å²) in [5, 5.41) is 14.5. The van der Waals surface area contributed by atoms with Crippen molar-refractivity contribution in [3.8, 4) is 10.4 Å². The maximum absolute atomic E-state index is 7.64. The normalized spacial score (nSPS) is 10.1. The van der Waals surface area contributed by atoms with E-state index in [1.165, 1.54) is 11.3 Å². The van der Waals surface area contributed by atoms with Gasteiger partial charge in [-0.05, 0) is 30.7 Å². The van der Waals surface area contributed by atoms with Crippen LogP contribution in [0.25, 0.3) is 10.4 Å². The molecule has 6 heteroatoms. The molecule has 18 heavy (non-hydrogen) atoms. The number of pyridine rings is 1. The number of thiophene rings is 1.